The molecule has 0 spiro atoms. The number of fused-ring (bicyclic) bond motifs is 12. The van der Waals surface area contributed by atoms with Gasteiger partial charge >= 0.3 is 21.1 Å². The second-order valence-corrected chi connectivity index (χ2v) is 10.1. The third-order valence-electron chi connectivity index (χ3n) is 7.79. The van der Waals surface area contributed by atoms with Gasteiger partial charge in [0.2, 0.25) is 0 Å². The minimum atomic E-state index is 0. The molecule has 0 bridgehead atoms. The van der Waals surface area contributed by atoms with Crippen LogP contribution in [0.25, 0.3) is 65.8 Å². The van der Waals surface area contributed by atoms with Gasteiger partial charge in [0.05, 0.1) is 16.8 Å². The molecule has 0 aliphatic rings. The van der Waals surface area contributed by atoms with E-state index in [1.54, 1.807) is 6.20 Å². The topological polar surface area (TPSA) is 56.7 Å². The molecule has 9 aromatic rings. The zero-order valence-electron chi connectivity index (χ0n) is 21.9. The molecule has 0 unspecified atom stereocenters. The van der Waals surface area contributed by atoms with Gasteiger partial charge < -0.3 is 13.5 Å². The summed E-state index contributed by atoms with van der Waals surface area (Å²) in [5.74, 6) is 1.20. The van der Waals surface area contributed by atoms with Crippen LogP contribution < -0.4 is 4.74 Å². The van der Waals surface area contributed by atoms with Crippen LogP contribution in [0.4, 0.5) is 0 Å². The van der Waals surface area contributed by atoms with E-state index in [1.165, 1.54) is 11.1 Å². The molecule has 4 aromatic carbocycles. The van der Waals surface area contributed by atoms with E-state index in [0.717, 1.165) is 54.6 Å². The number of ether oxygens (including phenoxy) is 1. The van der Waals surface area contributed by atoms with Crippen molar-refractivity contribution in [3.63, 3.8) is 0 Å². The number of hydrogen-bond donors (Lipinski definition) is 0. The van der Waals surface area contributed by atoms with E-state index in [0.29, 0.717) is 11.5 Å². The van der Waals surface area contributed by atoms with Gasteiger partial charge in [-0.3, -0.25) is 15.0 Å². The normalized spacial score (nSPS) is 11.6. The molecule has 0 saturated carbocycles. The molecule has 6 nitrogen and oxygen atoms in total. The van der Waals surface area contributed by atoms with Gasteiger partial charge in [0.1, 0.15) is 0 Å². The Hall–Kier alpha value is -5.06. The van der Waals surface area contributed by atoms with Crippen LogP contribution in [0, 0.1) is 12.1 Å². The first-order valence-corrected chi connectivity index (χ1v) is 13.3. The molecule has 0 saturated heterocycles. The summed E-state index contributed by atoms with van der Waals surface area (Å²) < 4.78 is 10.5. The molecule has 0 radical (unpaired) electrons. The van der Waals surface area contributed by atoms with E-state index in [4.69, 9.17) is 9.72 Å². The molecule has 0 aliphatic heterocycles. The Morgan fingerprint density at radius 3 is 1.88 bits per heavy atom. The Morgan fingerprint density at radius 2 is 1.19 bits per heavy atom. The van der Waals surface area contributed by atoms with Crippen molar-refractivity contribution in [2.45, 2.75) is 0 Å². The van der Waals surface area contributed by atoms with Crippen molar-refractivity contribution in [2.75, 3.05) is 0 Å². The molecule has 0 amide bonds. The van der Waals surface area contributed by atoms with Crippen molar-refractivity contribution in [2.24, 2.45) is 0 Å². The maximum atomic E-state index is 6.35. The van der Waals surface area contributed by atoms with E-state index in [-0.39, 0.29) is 21.1 Å². The van der Waals surface area contributed by atoms with Crippen LogP contribution in [0.1, 0.15) is 0 Å². The van der Waals surface area contributed by atoms with E-state index in [2.05, 4.69) is 81.1 Å². The smallest absolute Gasteiger partial charge is 0.497 e. The summed E-state index contributed by atoms with van der Waals surface area (Å²) >= 11 is 0. The van der Waals surface area contributed by atoms with Crippen LogP contribution in [0.3, 0.4) is 0 Å². The maximum Gasteiger partial charge on any atom is 2.00 e. The molecule has 42 heavy (non-hydrogen) atoms. The summed E-state index contributed by atoms with van der Waals surface area (Å²) in [4.78, 5) is 13.6. The number of aromatic nitrogens is 5. The number of pyridine rings is 3. The number of rotatable bonds is 3. The zero-order chi connectivity index (χ0) is 26.9. The fourth-order valence-corrected chi connectivity index (χ4v) is 5.93. The summed E-state index contributed by atoms with van der Waals surface area (Å²) in [6.45, 7) is 0. The molecular formula is C35H19N5OPt. The van der Waals surface area contributed by atoms with Crippen molar-refractivity contribution >= 4 is 54.6 Å². The van der Waals surface area contributed by atoms with E-state index >= 15 is 0 Å². The van der Waals surface area contributed by atoms with Crippen LogP contribution in [-0.4, -0.2) is 23.8 Å². The minimum absolute atomic E-state index is 0. The van der Waals surface area contributed by atoms with Gasteiger partial charge in [-0.2, -0.15) is 0 Å². The van der Waals surface area contributed by atoms with Crippen LogP contribution in [-0.2, 0) is 21.1 Å². The number of nitrogens with zero attached hydrogens (tertiary/aromatic N) is 5. The largest absolute Gasteiger partial charge is 2.00 e. The summed E-state index contributed by atoms with van der Waals surface area (Å²) in [6.07, 6.45) is 11.2. The summed E-state index contributed by atoms with van der Waals surface area (Å²) in [5, 5.41) is 6.15. The number of imidazole rings is 2. The predicted octanol–water partition coefficient (Wildman–Crippen LogP) is 8.05. The Labute approximate surface area is 254 Å². The number of benzene rings is 4. The molecular weight excluding hydrogens is 701 g/mol. The van der Waals surface area contributed by atoms with Crippen molar-refractivity contribution in [3.05, 3.63) is 128 Å². The molecule has 0 N–H and O–H groups in total. The van der Waals surface area contributed by atoms with Gasteiger partial charge in [-0.15, -0.1) is 12.1 Å². The molecule has 5 aromatic heterocycles. The third-order valence-corrected chi connectivity index (χ3v) is 7.79. The van der Waals surface area contributed by atoms with Crippen LogP contribution in [0.15, 0.2) is 116 Å². The number of hydrogen-bond acceptors (Lipinski definition) is 4. The first kappa shape index (κ1) is 24.7. The Bertz CT molecular complexity index is 2460. The van der Waals surface area contributed by atoms with Gasteiger partial charge in [-0.05, 0) is 34.0 Å². The maximum absolute atomic E-state index is 6.35. The SMILES string of the molecule is [Pt+2].[c-]1c(Oc2[c-]c3c(cc2)c2ccc(-c4ccccc4)cc2n2ccnc32)ccc2c1c1nccn1c1cnccc21. The minimum Gasteiger partial charge on any atom is -0.497 e. The van der Waals surface area contributed by atoms with Gasteiger partial charge in [-0.1, -0.05) is 88.3 Å². The van der Waals surface area contributed by atoms with Gasteiger partial charge in [0, 0.05) is 54.2 Å². The van der Waals surface area contributed by atoms with Gasteiger partial charge in [0.15, 0.2) is 0 Å². The first-order valence-electron chi connectivity index (χ1n) is 13.3. The quantitative estimate of drug-likeness (QED) is 0.137. The fraction of sp³-hybridized carbons (Fsp3) is 0. The molecule has 0 atom stereocenters. The summed E-state index contributed by atoms with van der Waals surface area (Å²) in [7, 11) is 0. The van der Waals surface area contributed by atoms with Crippen LogP contribution in [0.5, 0.6) is 11.5 Å². The third kappa shape index (κ3) is 3.65. The van der Waals surface area contributed by atoms with Gasteiger partial charge in [0.25, 0.3) is 0 Å². The Balaban J connectivity index is 0.00000267. The Kier molecular flexibility index (Phi) is 5.59. The summed E-state index contributed by atoms with van der Waals surface area (Å²) in [6, 6.07) is 34.0. The molecule has 9 rings (SSSR count). The van der Waals surface area contributed by atoms with E-state index < -0.39 is 0 Å². The average Bonchev–Trinajstić information content (AvgIpc) is 3.73. The van der Waals surface area contributed by atoms with Crippen molar-refractivity contribution in [1.29, 1.82) is 0 Å². The average molecular weight is 721 g/mol. The second kappa shape index (κ2) is 9.50. The van der Waals surface area contributed by atoms with Crippen LogP contribution >= 0.6 is 0 Å². The molecule has 200 valence electrons. The Morgan fingerprint density at radius 1 is 0.571 bits per heavy atom. The monoisotopic (exact) mass is 720 g/mol. The van der Waals surface area contributed by atoms with Crippen molar-refractivity contribution < 1.29 is 25.8 Å². The molecule has 7 heteroatoms. The molecule has 0 fully saturated rings. The first-order chi connectivity index (χ1) is 20.3. The van der Waals surface area contributed by atoms with Gasteiger partial charge in [-0.25, -0.2) is 0 Å². The van der Waals surface area contributed by atoms with E-state index in [1.807, 2.05) is 59.7 Å². The fourth-order valence-electron chi connectivity index (χ4n) is 5.93. The zero-order valence-corrected chi connectivity index (χ0v) is 24.2. The van der Waals surface area contributed by atoms with E-state index in [9.17, 15) is 0 Å². The van der Waals surface area contributed by atoms with Crippen LogP contribution in [0.2, 0.25) is 0 Å². The second-order valence-electron chi connectivity index (χ2n) is 10.1. The predicted molar refractivity (Wildman–Crippen MR) is 161 cm³/mol. The standard InChI is InChI=1S/C35H19N5O.Pt/c1-2-4-22(5-3-1)23-6-9-28-26-10-7-24(19-30(26)34-37-14-16-39(34)32(28)18-23)41-25-8-11-27-29-12-13-36-21-33(29)40-17-15-38-35(40)31(27)20-25;/h1-18,21H;/q-2;+2. The van der Waals surface area contributed by atoms with Crippen molar-refractivity contribution in [3.8, 4) is 22.6 Å². The summed E-state index contributed by atoms with van der Waals surface area (Å²) in [5.41, 5.74) is 6.10. The molecule has 0 aliphatic carbocycles. The molecule has 5 heterocycles. The van der Waals surface area contributed by atoms with Crippen molar-refractivity contribution in [1.82, 2.24) is 23.8 Å².